The van der Waals surface area contributed by atoms with Crippen molar-refractivity contribution in [3.8, 4) is 23.0 Å². The summed E-state index contributed by atoms with van der Waals surface area (Å²) < 4.78 is 23.0. The molecule has 0 N–H and O–H groups in total. The Bertz CT molecular complexity index is 1010. The zero-order valence-electron chi connectivity index (χ0n) is 16.6. The van der Waals surface area contributed by atoms with Crippen molar-refractivity contribution in [3.05, 3.63) is 36.3 Å². The van der Waals surface area contributed by atoms with Gasteiger partial charge in [-0.05, 0) is 24.3 Å². The first-order chi connectivity index (χ1) is 14.5. The molecule has 0 aliphatic rings. The Morgan fingerprint density at radius 3 is 2.53 bits per heavy atom. The number of aromatic nitrogens is 6. The van der Waals surface area contributed by atoms with Gasteiger partial charge in [-0.25, -0.2) is 14.2 Å². The second-order valence-corrected chi connectivity index (χ2v) is 5.87. The first-order valence-electron chi connectivity index (χ1n) is 8.83. The summed E-state index contributed by atoms with van der Waals surface area (Å²) in [6, 6.07) is 7.23. The lowest BCUT2D eigenvalue weighted by atomic mass is 10.3. The number of rotatable bonds is 9. The Morgan fingerprint density at radius 2 is 1.87 bits per heavy atom. The average Bonchev–Trinajstić information content (AvgIpc) is 3.40. The van der Waals surface area contributed by atoms with E-state index in [4.69, 9.17) is 14.2 Å². The van der Waals surface area contributed by atoms with Crippen LogP contribution in [0.25, 0.3) is 17.2 Å². The van der Waals surface area contributed by atoms with Gasteiger partial charge in [0.15, 0.2) is 11.5 Å². The molecule has 0 radical (unpaired) electrons. The van der Waals surface area contributed by atoms with E-state index in [0.717, 1.165) is 5.69 Å². The first-order valence-corrected chi connectivity index (χ1v) is 8.83. The Labute approximate surface area is 171 Å². The van der Waals surface area contributed by atoms with E-state index < -0.39 is 11.9 Å². The van der Waals surface area contributed by atoms with Crippen LogP contribution in [0.5, 0.6) is 5.75 Å². The van der Waals surface area contributed by atoms with E-state index >= 15 is 0 Å². The van der Waals surface area contributed by atoms with E-state index in [2.05, 4.69) is 25.1 Å². The van der Waals surface area contributed by atoms with Gasteiger partial charge in [0.25, 0.3) is 5.82 Å². The molecule has 2 aromatic heterocycles. The van der Waals surface area contributed by atoms with Crippen LogP contribution in [0.1, 0.15) is 17.5 Å². The van der Waals surface area contributed by atoms with Crippen molar-refractivity contribution < 1.29 is 28.5 Å². The van der Waals surface area contributed by atoms with Crippen LogP contribution in [0.4, 0.5) is 0 Å². The first kappa shape index (κ1) is 20.9. The van der Waals surface area contributed by atoms with Crippen LogP contribution in [-0.4, -0.2) is 69.1 Å². The van der Waals surface area contributed by atoms with Crippen LogP contribution in [-0.2, 0) is 25.7 Å². The van der Waals surface area contributed by atoms with E-state index in [-0.39, 0.29) is 31.6 Å². The lowest BCUT2D eigenvalue weighted by Gasteiger charge is -2.06. The number of carbonyl (C=O) groups excluding carboxylic acids is 2. The fourth-order valence-corrected chi connectivity index (χ4v) is 2.42. The molecule has 0 spiro atoms. The molecule has 12 heteroatoms. The summed E-state index contributed by atoms with van der Waals surface area (Å²) in [5.74, 6) is -0.259. The molecule has 3 aromatic rings. The highest BCUT2D eigenvalue weighted by molar-refractivity contribution is 5.85. The number of hydrogen-bond acceptors (Lipinski definition) is 10. The highest BCUT2D eigenvalue weighted by atomic mass is 16.6. The van der Waals surface area contributed by atoms with E-state index in [0.29, 0.717) is 11.4 Å². The number of hydrogen-bond donors (Lipinski definition) is 0. The number of carbonyl (C=O) groups is 2. The summed E-state index contributed by atoms with van der Waals surface area (Å²) >= 11 is 0. The van der Waals surface area contributed by atoms with Crippen molar-refractivity contribution in [2.24, 2.45) is 0 Å². The van der Waals surface area contributed by atoms with Crippen molar-refractivity contribution in [1.29, 1.82) is 0 Å². The summed E-state index contributed by atoms with van der Waals surface area (Å²) in [4.78, 5) is 26.8. The predicted octanol–water partition coefficient (Wildman–Crippen LogP) is 0.858. The molecule has 0 saturated heterocycles. The number of methoxy groups -OCH3 is 2. The molecule has 0 fully saturated rings. The van der Waals surface area contributed by atoms with Gasteiger partial charge in [-0.2, -0.15) is 4.98 Å². The largest absolute Gasteiger partial charge is 0.497 e. The molecule has 0 amide bonds. The summed E-state index contributed by atoms with van der Waals surface area (Å²) in [7, 11) is 2.82. The topological polar surface area (TPSA) is 132 Å². The molecular formula is C18H20N6O6. The number of esters is 2. The fraction of sp³-hybridized carbons (Fsp3) is 0.333. The quantitative estimate of drug-likeness (QED) is 0.365. The molecule has 0 saturated carbocycles. The van der Waals surface area contributed by atoms with Gasteiger partial charge < -0.3 is 18.9 Å². The van der Waals surface area contributed by atoms with Gasteiger partial charge in [-0.15, -0.1) is 10.2 Å². The van der Waals surface area contributed by atoms with Crippen LogP contribution in [0.2, 0.25) is 0 Å². The standard InChI is InChI=1S/C18H20N6O6/c1-12(25)30-9-8-29-11-24-17(19-16(21-24)18(26)28-3)15-10-23(22-20-15)13-4-6-14(27-2)7-5-13/h4-7,10H,8-9,11H2,1-3H3. The Hall–Kier alpha value is -3.80. The van der Waals surface area contributed by atoms with Gasteiger partial charge in [-0.1, -0.05) is 5.21 Å². The van der Waals surface area contributed by atoms with Gasteiger partial charge in [0.05, 0.1) is 32.7 Å². The lowest BCUT2D eigenvalue weighted by molar-refractivity contribution is -0.142. The SMILES string of the molecule is COC(=O)c1nc(-c2cn(-c3ccc(OC)cc3)nn2)n(COCCOC(C)=O)n1. The minimum absolute atomic E-state index is 0.0456. The second-order valence-electron chi connectivity index (χ2n) is 5.87. The van der Waals surface area contributed by atoms with Crippen LogP contribution < -0.4 is 4.74 Å². The third kappa shape index (κ3) is 4.97. The van der Waals surface area contributed by atoms with E-state index in [1.54, 1.807) is 30.1 Å². The highest BCUT2D eigenvalue weighted by Gasteiger charge is 2.20. The molecule has 2 heterocycles. The maximum atomic E-state index is 11.8. The third-order valence-electron chi connectivity index (χ3n) is 3.85. The maximum absolute atomic E-state index is 11.8. The zero-order chi connectivity index (χ0) is 21.5. The Kier molecular flexibility index (Phi) is 6.70. The minimum Gasteiger partial charge on any atom is -0.497 e. The number of nitrogens with zero attached hydrogens (tertiary/aromatic N) is 6. The zero-order valence-corrected chi connectivity index (χ0v) is 16.6. The molecule has 0 atom stereocenters. The van der Waals surface area contributed by atoms with Crippen LogP contribution in [0.15, 0.2) is 30.5 Å². The molecule has 1 aromatic carbocycles. The normalized spacial score (nSPS) is 10.6. The number of benzene rings is 1. The van der Waals surface area contributed by atoms with E-state index in [9.17, 15) is 9.59 Å². The molecule has 0 bridgehead atoms. The lowest BCUT2D eigenvalue weighted by Crippen LogP contribution is -2.12. The van der Waals surface area contributed by atoms with Crippen molar-refractivity contribution in [2.45, 2.75) is 13.7 Å². The monoisotopic (exact) mass is 416 g/mol. The van der Waals surface area contributed by atoms with Crippen molar-refractivity contribution in [1.82, 2.24) is 29.8 Å². The second kappa shape index (κ2) is 9.60. The fourth-order valence-electron chi connectivity index (χ4n) is 2.42. The van der Waals surface area contributed by atoms with Gasteiger partial charge in [0.2, 0.25) is 0 Å². The molecule has 0 aliphatic carbocycles. The number of ether oxygens (including phenoxy) is 4. The predicted molar refractivity (Wildman–Crippen MR) is 101 cm³/mol. The van der Waals surface area contributed by atoms with E-state index in [1.807, 2.05) is 12.1 Å². The van der Waals surface area contributed by atoms with Crippen molar-refractivity contribution in [2.75, 3.05) is 27.4 Å². The Morgan fingerprint density at radius 1 is 1.10 bits per heavy atom. The Balaban J connectivity index is 1.80. The van der Waals surface area contributed by atoms with Gasteiger partial charge in [-0.3, -0.25) is 4.79 Å². The van der Waals surface area contributed by atoms with Crippen molar-refractivity contribution >= 4 is 11.9 Å². The summed E-state index contributed by atoms with van der Waals surface area (Å²) in [5.41, 5.74) is 1.13. The van der Waals surface area contributed by atoms with Crippen LogP contribution >= 0.6 is 0 Å². The summed E-state index contributed by atoms with van der Waals surface area (Å²) in [5, 5.41) is 12.3. The van der Waals surface area contributed by atoms with Crippen molar-refractivity contribution in [3.63, 3.8) is 0 Å². The van der Waals surface area contributed by atoms with Gasteiger partial charge in [0, 0.05) is 6.92 Å². The van der Waals surface area contributed by atoms with Crippen LogP contribution in [0, 0.1) is 0 Å². The van der Waals surface area contributed by atoms with Crippen LogP contribution in [0.3, 0.4) is 0 Å². The van der Waals surface area contributed by atoms with Gasteiger partial charge in [0.1, 0.15) is 19.1 Å². The third-order valence-corrected chi connectivity index (χ3v) is 3.85. The molecule has 0 unspecified atom stereocenters. The average molecular weight is 416 g/mol. The summed E-state index contributed by atoms with van der Waals surface area (Å²) in [6.45, 7) is 1.50. The molecule has 158 valence electrons. The maximum Gasteiger partial charge on any atom is 0.377 e. The molecule has 12 nitrogen and oxygen atoms in total. The van der Waals surface area contributed by atoms with E-state index in [1.165, 1.54) is 18.7 Å². The van der Waals surface area contributed by atoms with Gasteiger partial charge >= 0.3 is 11.9 Å². The smallest absolute Gasteiger partial charge is 0.377 e. The highest BCUT2D eigenvalue weighted by Crippen LogP contribution is 2.18. The summed E-state index contributed by atoms with van der Waals surface area (Å²) in [6.07, 6.45) is 1.64. The molecule has 3 rings (SSSR count). The molecular weight excluding hydrogens is 396 g/mol. The molecule has 30 heavy (non-hydrogen) atoms. The minimum atomic E-state index is -0.697. The molecule has 0 aliphatic heterocycles.